The summed E-state index contributed by atoms with van der Waals surface area (Å²) < 4.78 is 6.12. The number of pyridine rings is 1. The summed E-state index contributed by atoms with van der Waals surface area (Å²) in [6.07, 6.45) is 3.23. The number of H-pyrrole nitrogens is 1. The Hall–Kier alpha value is -2.80. The molecule has 8 heteroatoms. The fourth-order valence-corrected chi connectivity index (χ4v) is 3.47. The van der Waals surface area contributed by atoms with Crippen LogP contribution in [0, 0.1) is 0 Å². The summed E-state index contributed by atoms with van der Waals surface area (Å²) in [7, 11) is 1.96. The summed E-state index contributed by atoms with van der Waals surface area (Å²) in [5.74, 6) is 0.228. The number of benzene rings is 1. The molecule has 0 fully saturated rings. The van der Waals surface area contributed by atoms with E-state index in [9.17, 15) is 4.79 Å². The summed E-state index contributed by atoms with van der Waals surface area (Å²) in [4.78, 5) is 19.2. The van der Waals surface area contributed by atoms with Crippen LogP contribution >= 0.6 is 11.6 Å². The highest BCUT2D eigenvalue weighted by Gasteiger charge is 2.33. The van der Waals surface area contributed by atoms with Crippen LogP contribution < -0.4 is 15.0 Å². The number of anilines is 2. The lowest BCUT2D eigenvalue weighted by Gasteiger charge is -2.39. The summed E-state index contributed by atoms with van der Waals surface area (Å²) in [5.41, 5.74) is 1.99. The molecular weight excluding hydrogens is 354 g/mol. The maximum absolute atomic E-state index is 13.0. The molecule has 3 heterocycles. The Labute approximate surface area is 155 Å². The molecule has 1 aliphatic heterocycles. The van der Waals surface area contributed by atoms with Gasteiger partial charge in [0.2, 0.25) is 0 Å². The van der Waals surface area contributed by atoms with Crippen molar-refractivity contribution in [3.63, 3.8) is 0 Å². The number of aromatic nitrogens is 3. The number of likely N-dealkylation sites (N-methyl/N-ethyl adjacent to an activating group) is 1. The number of ether oxygens (including phenoxy) is 1. The Bertz CT molecular complexity index is 1010. The van der Waals surface area contributed by atoms with E-state index in [1.807, 2.05) is 31.9 Å². The van der Waals surface area contributed by atoms with Crippen LogP contribution in [0.3, 0.4) is 0 Å². The van der Waals surface area contributed by atoms with Crippen LogP contribution in [0.15, 0.2) is 30.6 Å². The number of hydrogen-bond donors (Lipinski definition) is 2. The molecule has 26 heavy (non-hydrogen) atoms. The van der Waals surface area contributed by atoms with Crippen molar-refractivity contribution in [2.45, 2.75) is 19.4 Å². The first-order valence-electron chi connectivity index (χ1n) is 8.17. The molecule has 0 bridgehead atoms. The Kier molecular flexibility index (Phi) is 3.77. The van der Waals surface area contributed by atoms with E-state index in [2.05, 4.69) is 20.5 Å². The van der Waals surface area contributed by atoms with Crippen molar-refractivity contribution >= 4 is 39.9 Å². The molecule has 0 atom stereocenters. The van der Waals surface area contributed by atoms with Crippen molar-refractivity contribution in [2.24, 2.45) is 0 Å². The highest BCUT2D eigenvalue weighted by atomic mass is 35.5. The number of carbonyl (C=O) groups is 1. The first-order chi connectivity index (χ1) is 12.3. The minimum absolute atomic E-state index is 0.302. The molecule has 0 aliphatic carbocycles. The normalized spacial score (nSPS) is 15.5. The van der Waals surface area contributed by atoms with Gasteiger partial charge in [0.15, 0.2) is 11.4 Å². The Morgan fingerprint density at radius 1 is 1.42 bits per heavy atom. The third-order valence-electron chi connectivity index (χ3n) is 4.29. The number of nitrogens with zero attached hydrogens (tertiary/aromatic N) is 3. The van der Waals surface area contributed by atoms with Crippen molar-refractivity contribution in [1.29, 1.82) is 0 Å². The molecule has 1 amide bonds. The van der Waals surface area contributed by atoms with E-state index in [1.165, 1.54) is 0 Å². The number of aromatic amines is 1. The Morgan fingerprint density at radius 3 is 3.04 bits per heavy atom. The molecule has 2 aromatic heterocycles. The highest BCUT2D eigenvalue weighted by Crippen LogP contribution is 2.41. The summed E-state index contributed by atoms with van der Waals surface area (Å²) in [6.45, 7) is 4.67. The average Bonchev–Trinajstić information content (AvgIpc) is 3.04. The topological polar surface area (TPSA) is 83.1 Å². The standard InChI is InChI=1S/C18H18ClN5O2/c1-18(2)9-24(3)14-7-10(19)6-11(15(14)26-18)17(25)22-13-4-5-20-16-12(13)8-21-23-16/h4-8H,9H2,1-3H3,(H2,20,21,22,23,25). The molecule has 7 nitrogen and oxygen atoms in total. The number of rotatable bonds is 2. The van der Waals surface area contributed by atoms with Crippen LogP contribution in [0.2, 0.25) is 5.02 Å². The van der Waals surface area contributed by atoms with Gasteiger partial charge in [-0.25, -0.2) is 4.98 Å². The lowest BCUT2D eigenvalue weighted by atomic mass is 10.0. The van der Waals surface area contributed by atoms with Gasteiger partial charge in [0.1, 0.15) is 5.60 Å². The van der Waals surface area contributed by atoms with Gasteiger partial charge in [-0.1, -0.05) is 11.6 Å². The van der Waals surface area contributed by atoms with Crippen molar-refractivity contribution < 1.29 is 9.53 Å². The highest BCUT2D eigenvalue weighted by molar-refractivity contribution is 6.31. The molecule has 0 unspecified atom stereocenters. The zero-order chi connectivity index (χ0) is 18.5. The number of carbonyl (C=O) groups excluding carboxylic acids is 1. The zero-order valence-corrected chi connectivity index (χ0v) is 15.4. The first-order valence-corrected chi connectivity index (χ1v) is 8.55. The molecule has 134 valence electrons. The number of nitrogens with one attached hydrogen (secondary N) is 2. The van der Waals surface area contributed by atoms with Gasteiger partial charge in [-0.15, -0.1) is 0 Å². The molecule has 0 spiro atoms. The summed E-state index contributed by atoms with van der Waals surface area (Å²) >= 11 is 6.26. The maximum Gasteiger partial charge on any atom is 0.259 e. The first kappa shape index (κ1) is 16.7. The van der Waals surface area contributed by atoms with Gasteiger partial charge < -0.3 is 15.0 Å². The lowest BCUT2D eigenvalue weighted by Crippen LogP contribution is -2.45. The Morgan fingerprint density at radius 2 is 2.23 bits per heavy atom. The van der Waals surface area contributed by atoms with E-state index < -0.39 is 5.60 Å². The van der Waals surface area contributed by atoms with Gasteiger partial charge in [-0.2, -0.15) is 5.10 Å². The molecule has 3 aromatic rings. The van der Waals surface area contributed by atoms with Crippen LogP contribution in [0.4, 0.5) is 11.4 Å². The van der Waals surface area contributed by atoms with Gasteiger partial charge in [-0.05, 0) is 32.0 Å². The number of hydrogen-bond acceptors (Lipinski definition) is 5. The fraction of sp³-hybridized carbons (Fsp3) is 0.278. The second kappa shape index (κ2) is 5.88. The fourth-order valence-electron chi connectivity index (χ4n) is 3.25. The van der Waals surface area contributed by atoms with E-state index in [-0.39, 0.29) is 5.91 Å². The minimum atomic E-state index is -0.418. The molecule has 0 saturated carbocycles. The lowest BCUT2D eigenvalue weighted by molar-refractivity contribution is 0.0957. The number of fused-ring (bicyclic) bond motifs is 2. The molecule has 0 radical (unpaired) electrons. The summed E-state index contributed by atoms with van der Waals surface area (Å²) in [6, 6.07) is 5.16. The van der Waals surface area contributed by atoms with Crippen molar-refractivity contribution in [1.82, 2.24) is 15.2 Å². The van der Waals surface area contributed by atoms with Crippen molar-refractivity contribution in [2.75, 3.05) is 23.8 Å². The van der Waals surface area contributed by atoms with Crippen LogP contribution in [-0.4, -0.2) is 40.3 Å². The predicted molar refractivity (Wildman–Crippen MR) is 101 cm³/mol. The van der Waals surface area contributed by atoms with E-state index in [4.69, 9.17) is 16.3 Å². The van der Waals surface area contributed by atoms with Gasteiger partial charge >= 0.3 is 0 Å². The Balaban J connectivity index is 1.76. The van der Waals surface area contributed by atoms with Gasteiger partial charge in [0.05, 0.1) is 35.1 Å². The largest absolute Gasteiger partial charge is 0.483 e. The molecular formula is C18H18ClN5O2. The monoisotopic (exact) mass is 371 g/mol. The second-order valence-corrected chi connectivity index (χ2v) is 7.40. The maximum atomic E-state index is 13.0. The number of halogens is 1. The predicted octanol–water partition coefficient (Wildman–Crippen LogP) is 3.47. The van der Waals surface area contributed by atoms with Crippen molar-refractivity contribution in [3.05, 3.63) is 41.2 Å². The van der Waals surface area contributed by atoms with Crippen molar-refractivity contribution in [3.8, 4) is 5.75 Å². The van der Waals surface area contributed by atoms with Gasteiger partial charge in [-0.3, -0.25) is 9.89 Å². The summed E-state index contributed by atoms with van der Waals surface area (Å²) in [5, 5.41) is 10.9. The molecule has 4 rings (SSSR count). The SMILES string of the molecule is CN1CC(C)(C)Oc2c(C(=O)Nc3ccnc4[nH]ncc34)cc(Cl)cc21. The smallest absolute Gasteiger partial charge is 0.259 e. The third kappa shape index (κ3) is 2.84. The van der Waals surface area contributed by atoms with Crippen LogP contribution in [0.5, 0.6) is 5.75 Å². The molecule has 2 N–H and O–H groups in total. The van der Waals surface area contributed by atoms with Gasteiger partial charge in [0, 0.05) is 18.3 Å². The van der Waals surface area contributed by atoms with Crippen LogP contribution in [0.1, 0.15) is 24.2 Å². The minimum Gasteiger partial charge on any atom is -0.483 e. The average molecular weight is 372 g/mol. The molecule has 1 aliphatic rings. The molecule has 1 aromatic carbocycles. The van der Waals surface area contributed by atoms with E-state index in [0.717, 1.165) is 11.1 Å². The van der Waals surface area contributed by atoms with Crippen LogP contribution in [-0.2, 0) is 0 Å². The second-order valence-electron chi connectivity index (χ2n) is 6.96. The van der Waals surface area contributed by atoms with E-state index in [1.54, 1.807) is 24.5 Å². The van der Waals surface area contributed by atoms with E-state index >= 15 is 0 Å². The molecule has 0 saturated heterocycles. The zero-order valence-electron chi connectivity index (χ0n) is 14.6. The van der Waals surface area contributed by atoms with Gasteiger partial charge in [0.25, 0.3) is 5.91 Å². The quantitative estimate of drug-likeness (QED) is 0.720. The van der Waals surface area contributed by atoms with Crippen LogP contribution in [0.25, 0.3) is 11.0 Å². The third-order valence-corrected chi connectivity index (χ3v) is 4.51. The van der Waals surface area contributed by atoms with E-state index in [0.29, 0.717) is 34.2 Å². The number of amides is 1.